The molecule has 5 nitrogen and oxygen atoms in total. The molecule has 2 amide bonds. The van der Waals surface area contributed by atoms with Gasteiger partial charge in [0, 0.05) is 36.3 Å². The minimum atomic E-state index is 0.0616. The lowest BCUT2D eigenvalue weighted by atomic mass is 9.92. The van der Waals surface area contributed by atoms with E-state index in [0.29, 0.717) is 11.6 Å². The highest BCUT2D eigenvalue weighted by Crippen LogP contribution is 2.22. The highest BCUT2D eigenvalue weighted by Gasteiger charge is 2.25. The van der Waals surface area contributed by atoms with E-state index in [1.54, 1.807) is 0 Å². The number of anilines is 1. The first-order valence-electron chi connectivity index (χ1n) is 8.99. The summed E-state index contributed by atoms with van der Waals surface area (Å²) in [5.74, 6) is 0.247. The number of aryl methyl sites for hydroxylation is 1. The number of likely N-dealkylation sites (tertiary alicyclic amines) is 1. The molecular weight excluding hydrogens is 302 g/mol. The zero-order valence-electron chi connectivity index (χ0n) is 14.6. The average Bonchev–Trinajstić information content (AvgIpc) is 3.10. The lowest BCUT2D eigenvalue weighted by Gasteiger charge is -2.27. The van der Waals surface area contributed by atoms with Gasteiger partial charge in [0.1, 0.15) is 0 Å². The number of piperidine rings is 1. The molecule has 0 radical (unpaired) electrons. The number of hydrogen-bond donors (Lipinski definition) is 2. The molecule has 130 valence electrons. The fraction of sp³-hybridized carbons (Fsp3) is 0.579. The van der Waals surface area contributed by atoms with E-state index in [1.807, 2.05) is 30.0 Å². The topological polar surface area (TPSA) is 61.4 Å². The van der Waals surface area contributed by atoms with Crippen molar-refractivity contribution in [3.63, 3.8) is 0 Å². The number of amides is 2. The van der Waals surface area contributed by atoms with Crippen LogP contribution in [0.4, 0.5) is 5.69 Å². The summed E-state index contributed by atoms with van der Waals surface area (Å²) in [5, 5.41) is 6.41. The second-order valence-corrected chi connectivity index (χ2v) is 7.09. The molecule has 2 heterocycles. The Morgan fingerprint density at radius 3 is 2.67 bits per heavy atom. The molecule has 0 unspecified atom stereocenters. The maximum Gasteiger partial charge on any atom is 0.253 e. The van der Waals surface area contributed by atoms with E-state index in [-0.39, 0.29) is 17.7 Å². The van der Waals surface area contributed by atoms with Gasteiger partial charge < -0.3 is 15.5 Å². The van der Waals surface area contributed by atoms with Crippen LogP contribution in [0.15, 0.2) is 18.2 Å². The normalized spacial score (nSPS) is 24.0. The molecule has 1 aromatic carbocycles. The summed E-state index contributed by atoms with van der Waals surface area (Å²) in [6.07, 6.45) is 3.93. The largest absolute Gasteiger partial charge is 0.339 e. The van der Waals surface area contributed by atoms with Gasteiger partial charge in [-0.25, -0.2) is 0 Å². The van der Waals surface area contributed by atoms with Gasteiger partial charge >= 0.3 is 0 Å². The van der Waals surface area contributed by atoms with Crippen LogP contribution in [-0.4, -0.2) is 42.4 Å². The van der Waals surface area contributed by atoms with Gasteiger partial charge in [0.05, 0.1) is 0 Å². The van der Waals surface area contributed by atoms with Crippen molar-refractivity contribution in [2.75, 3.05) is 25.0 Å². The molecule has 2 atom stereocenters. The average molecular weight is 329 g/mol. The molecule has 3 rings (SSSR count). The maximum atomic E-state index is 12.5. The SMILES string of the molecule is Cc1cc(C(=O)N2CCCC2)ccc1NC(=O)[C@H]1CCN[C@@H](C)C1. The van der Waals surface area contributed by atoms with Crippen LogP contribution in [-0.2, 0) is 4.79 Å². The van der Waals surface area contributed by atoms with Crippen molar-refractivity contribution in [1.29, 1.82) is 0 Å². The van der Waals surface area contributed by atoms with Crippen LogP contribution in [0.1, 0.15) is 48.5 Å². The summed E-state index contributed by atoms with van der Waals surface area (Å²) >= 11 is 0. The van der Waals surface area contributed by atoms with E-state index in [1.165, 1.54) is 0 Å². The van der Waals surface area contributed by atoms with Crippen molar-refractivity contribution in [3.8, 4) is 0 Å². The van der Waals surface area contributed by atoms with Gasteiger partial charge in [-0.05, 0) is 69.8 Å². The first kappa shape index (κ1) is 17.0. The van der Waals surface area contributed by atoms with Crippen molar-refractivity contribution in [3.05, 3.63) is 29.3 Å². The van der Waals surface area contributed by atoms with Gasteiger partial charge in [0.2, 0.25) is 5.91 Å². The predicted molar refractivity (Wildman–Crippen MR) is 95.1 cm³/mol. The predicted octanol–water partition coefficient (Wildman–Crippen LogP) is 2.56. The summed E-state index contributed by atoms with van der Waals surface area (Å²) < 4.78 is 0. The Morgan fingerprint density at radius 2 is 2.00 bits per heavy atom. The fourth-order valence-corrected chi connectivity index (χ4v) is 3.64. The molecule has 24 heavy (non-hydrogen) atoms. The lowest BCUT2D eigenvalue weighted by Crippen LogP contribution is -2.40. The van der Waals surface area contributed by atoms with E-state index < -0.39 is 0 Å². The summed E-state index contributed by atoms with van der Waals surface area (Å²) in [5.41, 5.74) is 2.46. The zero-order valence-corrected chi connectivity index (χ0v) is 14.6. The third-order valence-corrected chi connectivity index (χ3v) is 5.12. The second kappa shape index (κ2) is 7.34. The number of benzene rings is 1. The Labute approximate surface area is 143 Å². The van der Waals surface area contributed by atoms with Crippen LogP contribution < -0.4 is 10.6 Å². The van der Waals surface area contributed by atoms with Crippen LogP contribution in [0.2, 0.25) is 0 Å². The Bertz CT molecular complexity index is 623. The van der Waals surface area contributed by atoms with Crippen molar-refractivity contribution < 1.29 is 9.59 Å². The molecule has 2 N–H and O–H groups in total. The molecule has 0 aliphatic carbocycles. The summed E-state index contributed by atoms with van der Waals surface area (Å²) in [6, 6.07) is 5.97. The Balaban J connectivity index is 1.66. The van der Waals surface area contributed by atoms with Gasteiger partial charge in [-0.3, -0.25) is 9.59 Å². The van der Waals surface area contributed by atoms with Crippen molar-refractivity contribution in [2.45, 2.75) is 45.6 Å². The number of rotatable bonds is 3. The summed E-state index contributed by atoms with van der Waals surface area (Å²) in [6.45, 7) is 6.65. The highest BCUT2D eigenvalue weighted by molar-refractivity contribution is 5.97. The number of nitrogens with one attached hydrogen (secondary N) is 2. The second-order valence-electron chi connectivity index (χ2n) is 7.09. The maximum absolute atomic E-state index is 12.5. The van der Waals surface area contributed by atoms with E-state index in [0.717, 1.165) is 56.6 Å². The smallest absolute Gasteiger partial charge is 0.253 e. The van der Waals surface area contributed by atoms with Crippen LogP contribution in [0, 0.1) is 12.8 Å². The van der Waals surface area contributed by atoms with Crippen molar-refractivity contribution >= 4 is 17.5 Å². The van der Waals surface area contributed by atoms with E-state index in [9.17, 15) is 9.59 Å². The van der Waals surface area contributed by atoms with Gasteiger partial charge in [0.15, 0.2) is 0 Å². The number of hydrogen-bond acceptors (Lipinski definition) is 3. The van der Waals surface area contributed by atoms with Gasteiger partial charge in [-0.1, -0.05) is 0 Å². The monoisotopic (exact) mass is 329 g/mol. The quantitative estimate of drug-likeness (QED) is 0.896. The molecule has 2 saturated heterocycles. The van der Waals surface area contributed by atoms with E-state index in [4.69, 9.17) is 0 Å². The van der Waals surface area contributed by atoms with Gasteiger partial charge in [-0.2, -0.15) is 0 Å². The van der Waals surface area contributed by atoms with E-state index in [2.05, 4.69) is 17.6 Å². The van der Waals surface area contributed by atoms with Gasteiger partial charge in [-0.15, -0.1) is 0 Å². The third-order valence-electron chi connectivity index (χ3n) is 5.12. The Morgan fingerprint density at radius 1 is 1.25 bits per heavy atom. The third kappa shape index (κ3) is 3.78. The Hall–Kier alpha value is -1.88. The van der Waals surface area contributed by atoms with Crippen LogP contribution in [0.5, 0.6) is 0 Å². The van der Waals surface area contributed by atoms with Gasteiger partial charge in [0.25, 0.3) is 5.91 Å². The molecule has 0 bridgehead atoms. The number of carbonyl (C=O) groups is 2. The first-order chi connectivity index (χ1) is 11.5. The molecule has 5 heteroatoms. The minimum Gasteiger partial charge on any atom is -0.339 e. The molecule has 0 saturated carbocycles. The lowest BCUT2D eigenvalue weighted by molar-refractivity contribution is -0.120. The minimum absolute atomic E-state index is 0.0616. The molecule has 1 aromatic rings. The van der Waals surface area contributed by atoms with Crippen LogP contribution in [0.25, 0.3) is 0 Å². The summed E-state index contributed by atoms with van der Waals surface area (Å²) in [4.78, 5) is 26.8. The van der Waals surface area contributed by atoms with Crippen molar-refractivity contribution in [1.82, 2.24) is 10.2 Å². The molecule has 0 spiro atoms. The Kier molecular flexibility index (Phi) is 5.19. The molecule has 0 aromatic heterocycles. The summed E-state index contributed by atoms with van der Waals surface area (Å²) in [7, 11) is 0. The fourth-order valence-electron chi connectivity index (χ4n) is 3.64. The molecule has 2 fully saturated rings. The highest BCUT2D eigenvalue weighted by atomic mass is 16.2. The number of carbonyl (C=O) groups excluding carboxylic acids is 2. The van der Waals surface area contributed by atoms with Crippen molar-refractivity contribution in [2.24, 2.45) is 5.92 Å². The van der Waals surface area contributed by atoms with Crippen LogP contribution in [0.3, 0.4) is 0 Å². The molecule has 2 aliphatic rings. The number of nitrogens with zero attached hydrogens (tertiary/aromatic N) is 1. The van der Waals surface area contributed by atoms with Crippen LogP contribution >= 0.6 is 0 Å². The molecule has 2 aliphatic heterocycles. The molecular formula is C19H27N3O2. The zero-order chi connectivity index (χ0) is 17.1. The first-order valence-corrected chi connectivity index (χ1v) is 8.99. The van der Waals surface area contributed by atoms with E-state index >= 15 is 0 Å². The standard InChI is InChI=1S/C19H27N3O2/c1-13-11-16(19(24)22-9-3-4-10-22)5-6-17(13)21-18(23)15-7-8-20-14(2)12-15/h5-6,11,14-15,20H,3-4,7-10,12H2,1-2H3,(H,21,23)/t14-,15-/m0/s1.